The van der Waals surface area contributed by atoms with Gasteiger partial charge in [0.15, 0.2) is 0 Å². The number of nitro benzene ring substituents is 1. The molecular formula is C8H6F2N2O4. The van der Waals surface area contributed by atoms with Crippen molar-refractivity contribution in [2.75, 3.05) is 5.32 Å². The molecule has 0 atom stereocenters. The summed E-state index contributed by atoms with van der Waals surface area (Å²) in [7, 11) is 0. The van der Waals surface area contributed by atoms with Crippen LogP contribution in [0.2, 0.25) is 0 Å². The molecule has 2 N–H and O–H groups in total. The molecule has 0 radical (unpaired) electrons. The number of halogens is 2. The van der Waals surface area contributed by atoms with Crippen LogP contribution in [0.4, 0.5) is 20.2 Å². The molecule has 0 aromatic heterocycles. The van der Waals surface area contributed by atoms with Crippen molar-refractivity contribution in [3.8, 4) is 5.75 Å². The number of carbonyl (C=O) groups is 1. The zero-order valence-electron chi connectivity index (χ0n) is 7.68. The zero-order chi connectivity index (χ0) is 12.3. The number of nitrogens with one attached hydrogen (secondary N) is 1. The fraction of sp³-hybridized carbons (Fsp3) is 0.125. The number of nitro groups is 1. The SMILES string of the molecule is O=C(Nc1ccc(O)cc1[N+](=O)[O-])C(F)F. The van der Waals surface area contributed by atoms with Crippen molar-refractivity contribution in [3.05, 3.63) is 28.3 Å². The number of hydrogen-bond acceptors (Lipinski definition) is 4. The summed E-state index contributed by atoms with van der Waals surface area (Å²) in [5, 5.41) is 21.1. The van der Waals surface area contributed by atoms with Crippen molar-refractivity contribution in [2.45, 2.75) is 6.43 Å². The number of anilines is 1. The van der Waals surface area contributed by atoms with Gasteiger partial charge in [0.05, 0.1) is 11.0 Å². The van der Waals surface area contributed by atoms with Crippen LogP contribution in [0.3, 0.4) is 0 Å². The van der Waals surface area contributed by atoms with Crippen LogP contribution in [-0.2, 0) is 4.79 Å². The molecule has 0 spiro atoms. The van der Waals surface area contributed by atoms with Crippen molar-refractivity contribution in [1.82, 2.24) is 0 Å². The van der Waals surface area contributed by atoms with E-state index in [0.29, 0.717) is 0 Å². The third kappa shape index (κ3) is 2.62. The average Bonchev–Trinajstić information content (AvgIpc) is 2.20. The summed E-state index contributed by atoms with van der Waals surface area (Å²) in [6.07, 6.45) is -3.27. The first-order valence-corrected chi connectivity index (χ1v) is 3.98. The van der Waals surface area contributed by atoms with Gasteiger partial charge in [-0.2, -0.15) is 8.78 Å². The van der Waals surface area contributed by atoms with Crippen LogP contribution in [-0.4, -0.2) is 22.4 Å². The third-order valence-corrected chi connectivity index (χ3v) is 1.63. The minimum Gasteiger partial charge on any atom is -0.508 e. The monoisotopic (exact) mass is 232 g/mol. The second-order valence-corrected chi connectivity index (χ2v) is 2.75. The Balaban J connectivity index is 3.04. The number of nitrogens with zero attached hydrogens (tertiary/aromatic N) is 1. The standard InChI is InChI=1S/C8H6F2N2O4/c9-7(10)8(14)11-5-2-1-4(13)3-6(5)12(15)16/h1-3,7,13H,(H,11,14). The number of phenolic OH excluding ortho intramolecular Hbond substituents is 1. The van der Waals surface area contributed by atoms with Crippen LogP contribution in [0.15, 0.2) is 18.2 Å². The first kappa shape index (κ1) is 11.8. The van der Waals surface area contributed by atoms with Crippen molar-refractivity contribution in [3.63, 3.8) is 0 Å². The number of amides is 1. The summed E-state index contributed by atoms with van der Waals surface area (Å²) in [6, 6.07) is 2.75. The van der Waals surface area contributed by atoms with Crippen LogP contribution in [0, 0.1) is 10.1 Å². The van der Waals surface area contributed by atoms with E-state index in [4.69, 9.17) is 5.11 Å². The molecule has 0 aliphatic heterocycles. The van der Waals surface area contributed by atoms with Gasteiger partial charge in [-0.25, -0.2) is 0 Å². The van der Waals surface area contributed by atoms with E-state index in [9.17, 15) is 23.7 Å². The first-order chi connectivity index (χ1) is 7.41. The molecule has 0 saturated carbocycles. The van der Waals surface area contributed by atoms with Crippen molar-refractivity contribution in [1.29, 1.82) is 0 Å². The van der Waals surface area contributed by atoms with Crippen molar-refractivity contribution >= 4 is 17.3 Å². The van der Waals surface area contributed by atoms with Gasteiger partial charge in [0.1, 0.15) is 11.4 Å². The van der Waals surface area contributed by atoms with E-state index in [2.05, 4.69) is 0 Å². The summed E-state index contributed by atoms with van der Waals surface area (Å²) in [4.78, 5) is 20.2. The highest BCUT2D eigenvalue weighted by atomic mass is 19.3. The van der Waals surface area contributed by atoms with Crippen molar-refractivity contribution in [2.24, 2.45) is 0 Å². The molecule has 6 nitrogen and oxygen atoms in total. The van der Waals surface area contributed by atoms with Gasteiger partial charge in [-0.15, -0.1) is 0 Å². The van der Waals surface area contributed by atoms with E-state index in [0.717, 1.165) is 18.2 Å². The number of hydrogen-bond donors (Lipinski definition) is 2. The quantitative estimate of drug-likeness (QED) is 0.469. The molecule has 0 aliphatic carbocycles. The molecule has 1 aromatic carbocycles. The summed E-state index contributed by atoms with van der Waals surface area (Å²) in [5.74, 6) is -2.05. The second kappa shape index (κ2) is 4.51. The van der Waals surface area contributed by atoms with Gasteiger partial charge in [0.25, 0.3) is 11.6 Å². The summed E-state index contributed by atoms with van der Waals surface area (Å²) < 4.78 is 23.8. The van der Waals surface area contributed by atoms with Crippen LogP contribution < -0.4 is 5.32 Å². The minimum atomic E-state index is -3.27. The molecular weight excluding hydrogens is 226 g/mol. The normalized spacial score (nSPS) is 10.2. The Hall–Kier alpha value is -2.25. The topological polar surface area (TPSA) is 92.5 Å². The smallest absolute Gasteiger partial charge is 0.315 e. The van der Waals surface area contributed by atoms with Gasteiger partial charge in [0.2, 0.25) is 0 Å². The molecule has 0 bridgehead atoms. The molecule has 8 heteroatoms. The molecule has 86 valence electrons. The molecule has 0 aliphatic rings. The van der Waals surface area contributed by atoms with Gasteiger partial charge in [-0.05, 0) is 12.1 Å². The number of aromatic hydroxyl groups is 1. The molecule has 0 heterocycles. The maximum absolute atomic E-state index is 11.9. The van der Waals surface area contributed by atoms with E-state index in [1.807, 2.05) is 0 Å². The fourth-order valence-electron chi connectivity index (χ4n) is 0.964. The van der Waals surface area contributed by atoms with E-state index < -0.39 is 34.4 Å². The number of phenols is 1. The predicted octanol–water partition coefficient (Wildman–Crippen LogP) is 1.50. The van der Waals surface area contributed by atoms with Gasteiger partial charge < -0.3 is 10.4 Å². The largest absolute Gasteiger partial charge is 0.508 e. The Morgan fingerprint density at radius 3 is 2.62 bits per heavy atom. The Labute approximate surface area is 87.7 Å². The molecule has 1 aromatic rings. The van der Waals surface area contributed by atoms with Gasteiger partial charge >= 0.3 is 6.43 Å². The van der Waals surface area contributed by atoms with Crippen LogP contribution >= 0.6 is 0 Å². The maximum Gasteiger partial charge on any atom is 0.315 e. The predicted molar refractivity (Wildman–Crippen MR) is 49.4 cm³/mol. The Morgan fingerprint density at radius 1 is 1.50 bits per heavy atom. The van der Waals surface area contributed by atoms with E-state index in [1.165, 1.54) is 0 Å². The highest BCUT2D eigenvalue weighted by Crippen LogP contribution is 2.28. The number of carbonyl (C=O) groups excluding carboxylic acids is 1. The molecule has 0 unspecified atom stereocenters. The molecule has 0 fully saturated rings. The lowest BCUT2D eigenvalue weighted by Crippen LogP contribution is -2.20. The molecule has 1 rings (SSSR count). The van der Waals surface area contributed by atoms with Gasteiger partial charge in [0, 0.05) is 0 Å². The van der Waals surface area contributed by atoms with Crippen LogP contribution in [0.5, 0.6) is 5.75 Å². The minimum absolute atomic E-state index is 0.395. The molecule has 0 saturated heterocycles. The molecule has 16 heavy (non-hydrogen) atoms. The lowest BCUT2D eigenvalue weighted by atomic mass is 10.2. The molecule has 1 amide bonds. The van der Waals surface area contributed by atoms with E-state index >= 15 is 0 Å². The lowest BCUT2D eigenvalue weighted by Gasteiger charge is -2.05. The summed E-state index contributed by atoms with van der Waals surface area (Å²) in [5.41, 5.74) is -1.05. The number of rotatable bonds is 3. The average molecular weight is 232 g/mol. The summed E-state index contributed by atoms with van der Waals surface area (Å²) in [6.45, 7) is 0. The van der Waals surface area contributed by atoms with Crippen molar-refractivity contribution < 1.29 is 23.6 Å². The Morgan fingerprint density at radius 2 is 2.12 bits per heavy atom. The number of benzene rings is 1. The Kier molecular flexibility index (Phi) is 3.33. The first-order valence-electron chi connectivity index (χ1n) is 3.98. The highest BCUT2D eigenvalue weighted by Gasteiger charge is 2.21. The van der Waals surface area contributed by atoms with Gasteiger partial charge in [-0.1, -0.05) is 0 Å². The van der Waals surface area contributed by atoms with Gasteiger partial charge in [-0.3, -0.25) is 14.9 Å². The Bertz CT molecular complexity index is 436. The highest BCUT2D eigenvalue weighted by molar-refractivity contribution is 5.95. The van der Waals surface area contributed by atoms with E-state index in [1.54, 1.807) is 5.32 Å². The fourth-order valence-corrected chi connectivity index (χ4v) is 0.964. The third-order valence-electron chi connectivity index (χ3n) is 1.63. The maximum atomic E-state index is 11.9. The number of alkyl halides is 2. The second-order valence-electron chi connectivity index (χ2n) is 2.75. The lowest BCUT2D eigenvalue weighted by molar-refractivity contribution is -0.384. The van der Waals surface area contributed by atoms with Crippen LogP contribution in [0.25, 0.3) is 0 Å². The zero-order valence-corrected chi connectivity index (χ0v) is 7.68. The van der Waals surface area contributed by atoms with Crippen LogP contribution in [0.1, 0.15) is 0 Å². The summed E-state index contributed by atoms with van der Waals surface area (Å²) >= 11 is 0. The van der Waals surface area contributed by atoms with E-state index in [-0.39, 0.29) is 0 Å².